The fourth-order valence-corrected chi connectivity index (χ4v) is 3.13. The summed E-state index contributed by atoms with van der Waals surface area (Å²) in [6.45, 7) is 6.41. The Kier molecular flexibility index (Phi) is 5.25. The van der Waals surface area contributed by atoms with Gasteiger partial charge in [0.1, 0.15) is 0 Å². The zero-order valence-corrected chi connectivity index (χ0v) is 13.9. The number of hydrogen-bond acceptors (Lipinski definition) is 1. The molecule has 0 aromatic heterocycles. The summed E-state index contributed by atoms with van der Waals surface area (Å²) in [5.41, 5.74) is 0.823. The molecule has 0 aliphatic carbocycles. The van der Waals surface area contributed by atoms with E-state index in [1.165, 1.54) is 9.99 Å². The van der Waals surface area contributed by atoms with Crippen LogP contribution in [0.3, 0.4) is 0 Å². The Bertz CT molecular complexity index is 427. The van der Waals surface area contributed by atoms with Crippen LogP contribution in [-0.4, -0.2) is 23.9 Å². The van der Waals surface area contributed by atoms with Crippen LogP contribution in [0, 0.1) is 15.4 Å². The fraction of sp³-hybridized carbons (Fsp3) is 0.562. The van der Waals surface area contributed by atoms with Gasteiger partial charge < -0.3 is 4.90 Å². The van der Waals surface area contributed by atoms with Crippen LogP contribution in [0.2, 0.25) is 0 Å². The lowest BCUT2D eigenvalue weighted by atomic mass is 9.89. The van der Waals surface area contributed by atoms with Crippen LogP contribution in [0.5, 0.6) is 0 Å². The van der Waals surface area contributed by atoms with Crippen LogP contribution in [0.1, 0.15) is 43.5 Å². The maximum absolute atomic E-state index is 12.5. The summed E-state index contributed by atoms with van der Waals surface area (Å²) in [5.74, 6) is 1.70. The van der Waals surface area contributed by atoms with Crippen molar-refractivity contribution in [2.45, 2.75) is 33.1 Å². The van der Waals surface area contributed by atoms with Crippen molar-refractivity contribution in [2.75, 3.05) is 13.1 Å². The molecule has 2 rings (SSSR count). The van der Waals surface area contributed by atoms with E-state index in [0.29, 0.717) is 0 Å². The third-order valence-electron chi connectivity index (χ3n) is 4.09. The number of halogens is 1. The zero-order chi connectivity index (χ0) is 13.8. The van der Waals surface area contributed by atoms with E-state index in [0.717, 1.165) is 43.3 Å². The summed E-state index contributed by atoms with van der Waals surface area (Å²) < 4.78 is 1.17. The van der Waals surface area contributed by atoms with Gasteiger partial charge in [0.15, 0.2) is 0 Å². The molecule has 104 valence electrons. The summed E-state index contributed by atoms with van der Waals surface area (Å²) in [6, 6.07) is 7.88. The molecule has 2 nitrogen and oxygen atoms in total. The molecule has 0 N–H and O–H groups in total. The Labute approximate surface area is 129 Å². The molecule has 1 aliphatic heterocycles. The highest BCUT2D eigenvalue weighted by molar-refractivity contribution is 14.1. The SMILES string of the molecule is CC(C)C1CCCN(C(=O)c2ccc(I)cc2)CC1. The molecule has 0 bridgehead atoms. The van der Waals surface area contributed by atoms with Crippen molar-refractivity contribution in [2.24, 2.45) is 11.8 Å². The van der Waals surface area contributed by atoms with Gasteiger partial charge in [-0.3, -0.25) is 4.79 Å². The van der Waals surface area contributed by atoms with E-state index in [2.05, 4.69) is 36.4 Å². The topological polar surface area (TPSA) is 20.3 Å². The quantitative estimate of drug-likeness (QED) is 0.714. The molecule has 1 amide bonds. The Morgan fingerprint density at radius 3 is 2.53 bits per heavy atom. The van der Waals surface area contributed by atoms with Crippen molar-refractivity contribution in [1.82, 2.24) is 4.90 Å². The van der Waals surface area contributed by atoms with E-state index in [1.807, 2.05) is 29.2 Å². The number of rotatable bonds is 2. The lowest BCUT2D eigenvalue weighted by Gasteiger charge is -2.21. The van der Waals surface area contributed by atoms with Crippen molar-refractivity contribution < 1.29 is 4.79 Å². The Hall–Kier alpha value is -0.580. The average Bonchev–Trinajstić information content (AvgIpc) is 2.64. The van der Waals surface area contributed by atoms with Crippen LogP contribution >= 0.6 is 22.6 Å². The smallest absolute Gasteiger partial charge is 0.253 e. The van der Waals surface area contributed by atoms with Crippen molar-refractivity contribution in [3.05, 3.63) is 33.4 Å². The van der Waals surface area contributed by atoms with Crippen LogP contribution in [0.25, 0.3) is 0 Å². The third kappa shape index (κ3) is 3.94. The Balaban J connectivity index is 2.02. The van der Waals surface area contributed by atoms with Crippen molar-refractivity contribution >= 4 is 28.5 Å². The zero-order valence-electron chi connectivity index (χ0n) is 11.7. The van der Waals surface area contributed by atoms with E-state index in [9.17, 15) is 4.79 Å². The van der Waals surface area contributed by atoms with Gasteiger partial charge in [0, 0.05) is 22.2 Å². The molecule has 0 radical (unpaired) electrons. The van der Waals surface area contributed by atoms with E-state index >= 15 is 0 Å². The summed E-state index contributed by atoms with van der Waals surface area (Å²) in [7, 11) is 0. The lowest BCUT2D eigenvalue weighted by Crippen LogP contribution is -2.32. The lowest BCUT2D eigenvalue weighted by molar-refractivity contribution is 0.0759. The van der Waals surface area contributed by atoms with Crippen molar-refractivity contribution in [1.29, 1.82) is 0 Å². The van der Waals surface area contributed by atoms with Crippen LogP contribution < -0.4 is 0 Å². The molecule has 1 saturated heterocycles. The van der Waals surface area contributed by atoms with Crippen LogP contribution in [-0.2, 0) is 0 Å². The number of benzene rings is 1. The summed E-state index contributed by atoms with van der Waals surface area (Å²) in [5, 5.41) is 0. The number of hydrogen-bond donors (Lipinski definition) is 0. The molecule has 1 aromatic carbocycles. The number of carbonyl (C=O) groups excluding carboxylic acids is 1. The van der Waals surface area contributed by atoms with Crippen LogP contribution in [0.15, 0.2) is 24.3 Å². The minimum Gasteiger partial charge on any atom is -0.339 e. The first-order valence-corrected chi connectivity index (χ1v) is 8.20. The van der Waals surface area contributed by atoms with Gasteiger partial charge >= 0.3 is 0 Å². The van der Waals surface area contributed by atoms with Gasteiger partial charge in [-0.15, -0.1) is 0 Å². The molecule has 1 aromatic rings. The second-order valence-corrected chi connectivity index (χ2v) is 6.98. The Morgan fingerprint density at radius 2 is 1.89 bits per heavy atom. The fourth-order valence-electron chi connectivity index (χ4n) is 2.77. The molecule has 0 spiro atoms. The number of amides is 1. The molecular formula is C16H22INO. The van der Waals surface area contributed by atoms with Gasteiger partial charge in [-0.05, 0) is 78.0 Å². The van der Waals surface area contributed by atoms with Crippen LogP contribution in [0.4, 0.5) is 0 Å². The highest BCUT2D eigenvalue weighted by atomic mass is 127. The van der Waals surface area contributed by atoms with Crippen molar-refractivity contribution in [3.63, 3.8) is 0 Å². The number of carbonyl (C=O) groups is 1. The first-order valence-electron chi connectivity index (χ1n) is 7.13. The standard InChI is InChI=1S/C16H22INO/c1-12(2)13-4-3-10-18(11-9-13)16(19)14-5-7-15(17)8-6-14/h5-8,12-13H,3-4,9-11H2,1-2H3. The van der Waals surface area contributed by atoms with E-state index in [1.54, 1.807) is 0 Å². The molecule has 0 saturated carbocycles. The maximum atomic E-state index is 12.5. The minimum atomic E-state index is 0.195. The van der Waals surface area contributed by atoms with Crippen molar-refractivity contribution in [3.8, 4) is 0 Å². The molecule has 3 heteroatoms. The summed E-state index contributed by atoms with van der Waals surface area (Å²) >= 11 is 2.27. The third-order valence-corrected chi connectivity index (χ3v) is 4.81. The molecule has 1 unspecified atom stereocenters. The number of nitrogens with zero attached hydrogens (tertiary/aromatic N) is 1. The first kappa shape index (κ1) is 14.8. The highest BCUT2D eigenvalue weighted by Gasteiger charge is 2.22. The summed E-state index contributed by atoms with van der Waals surface area (Å²) in [4.78, 5) is 14.5. The van der Waals surface area contributed by atoms with Gasteiger partial charge in [-0.1, -0.05) is 13.8 Å². The second kappa shape index (κ2) is 6.73. The first-order chi connectivity index (χ1) is 9.08. The maximum Gasteiger partial charge on any atom is 0.253 e. The molecular weight excluding hydrogens is 349 g/mol. The molecule has 1 aliphatic rings. The van der Waals surface area contributed by atoms with Gasteiger partial charge in [-0.2, -0.15) is 0 Å². The van der Waals surface area contributed by atoms with Gasteiger partial charge in [0.2, 0.25) is 0 Å². The molecule has 19 heavy (non-hydrogen) atoms. The number of likely N-dealkylation sites (tertiary alicyclic amines) is 1. The Morgan fingerprint density at radius 1 is 1.21 bits per heavy atom. The normalized spacial score (nSPS) is 20.4. The molecule has 1 fully saturated rings. The average molecular weight is 371 g/mol. The summed E-state index contributed by atoms with van der Waals surface area (Å²) in [6.07, 6.45) is 3.54. The largest absolute Gasteiger partial charge is 0.339 e. The van der Waals surface area contributed by atoms with Gasteiger partial charge in [0.05, 0.1) is 0 Å². The predicted octanol–water partition coefficient (Wildman–Crippen LogP) is 4.19. The second-order valence-electron chi connectivity index (χ2n) is 5.73. The molecule has 1 atom stereocenters. The van der Waals surface area contributed by atoms with Gasteiger partial charge in [0.25, 0.3) is 5.91 Å². The van der Waals surface area contributed by atoms with E-state index < -0.39 is 0 Å². The monoisotopic (exact) mass is 371 g/mol. The minimum absolute atomic E-state index is 0.195. The van der Waals surface area contributed by atoms with E-state index in [4.69, 9.17) is 0 Å². The highest BCUT2D eigenvalue weighted by Crippen LogP contribution is 2.25. The van der Waals surface area contributed by atoms with Gasteiger partial charge in [-0.25, -0.2) is 0 Å². The van der Waals surface area contributed by atoms with E-state index in [-0.39, 0.29) is 5.91 Å². The predicted molar refractivity (Wildman–Crippen MR) is 87.2 cm³/mol. The molecule has 1 heterocycles.